The van der Waals surface area contributed by atoms with Crippen molar-refractivity contribution in [2.45, 2.75) is 33.8 Å². The molecule has 0 saturated carbocycles. The molecule has 102 valence electrons. The fraction of sp³-hybridized carbons (Fsp3) is 0.467. The summed E-state index contributed by atoms with van der Waals surface area (Å²) < 4.78 is 5.98. The first-order valence-corrected chi connectivity index (χ1v) is 6.79. The molecule has 1 unspecified atom stereocenters. The number of nitrogens with zero attached hydrogens (tertiary/aromatic N) is 2. The summed E-state index contributed by atoms with van der Waals surface area (Å²) in [6.07, 6.45) is 0.118. The number of nitrogens with one attached hydrogen (secondary N) is 1. The van der Waals surface area contributed by atoms with Crippen LogP contribution in [0, 0.1) is 5.92 Å². The predicted octanol–water partition coefficient (Wildman–Crippen LogP) is 3.48. The Morgan fingerprint density at radius 1 is 1.16 bits per heavy atom. The summed E-state index contributed by atoms with van der Waals surface area (Å²) in [6, 6.07) is 7.92. The molecule has 4 nitrogen and oxygen atoms in total. The van der Waals surface area contributed by atoms with Crippen molar-refractivity contribution in [1.82, 2.24) is 9.97 Å². The summed E-state index contributed by atoms with van der Waals surface area (Å²) in [5, 5.41) is 4.10. The first kappa shape index (κ1) is 13.6. The van der Waals surface area contributed by atoms with Crippen molar-refractivity contribution in [3.05, 3.63) is 24.3 Å². The molecule has 0 amide bonds. The van der Waals surface area contributed by atoms with Gasteiger partial charge < -0.3 is 10.1 Å². The van der Waals surface area contributed by atoms with E-state index in [1.807, 2.05) is 31.2 Å². The molecule has 1 aromatic carbocycles. The second-order valence-electron chi connectivity index (χ2n) is 4.97. The van der Waals surface area contributed by atoms with E-state index in [9.17, 15) is 0 Å². The SMILES string of the molecule is CCNc1nc(OC(C)C(C)C)c2ccccc2n1. The fourth-order valence-electron chi connectivity index (χ4n) is 1.69. The lowest BCUT2D eigenvalue weighted by atomic mass is 10.1. The molecule has 0 fully saturated rings. The second kappa shape index (κ2) is 5.87. The Morgan fingerprint density at radius 2 is 1.89 bits per heavy atom. The van der Waals surface area contributed by atoms with Crippen LogP contribution in [0.1, 0.15) is 27.7 Å². The number of aromatic nitrogens is 2. The van der Waals surface area contributed by atoms with E-state index in [1.54, 1.807) is 0 Å². The highest BCUT2D eigenvalue weighted by Crippen LogP contribution is 2.25. The van der Waals surface area contributed by atoms with Crippen molar-refractivity contribution in [2.75, 3.05) is 11.9 Å². The molecular formula is C15H21N3O. The van der Waals surface area contributed by atoms with Crippen LogP contribution in [0.15, 0.2) is 24.3 Å². The average molecular weight is 259 g/mol. The van der Waals surface area contributed by atoms with Gasteiger partial charge in [0.05, 0.1) is 17.0 Å². The summed E-state index contributed by atoms with van der Waals surface area (Å²) in [7, 11) is 0. The number of hydrogen-bond acceptors (Lipinski definition) is 4. The maximum Gasteiger partial charge on any atom is 0.226 e. The molecule has 1 atom stereocenters. The summed E-state index contributed by atoms with van der Waals surface area (Å²) in [4.78, 5) is 8.94. The van der Waals surface area contributed by atoms with Crippen LogP contribution >= 0.6 is 0 Å². The highest BCUT2D eigenvalue weighted by Gasteiger charge is 2.14. The van der Waals surface area contributed by atoms with Crippen molar-refractivity contribution < 1.29 is 4.74 Å². The fourth-order valence-corrected chi connectivity index (χ4v) is 1.69. The largest absolute Gasteiger partial charge is 0.474 e. The van der Waals surface area contributed by atoms with Gasteiger partial charge in [0.2, 0.25) is 11.8 Å². The molecule has 0 spiro atoms. The van der Waals surface area contributed by atoms with Crippen LogP contribution < -0.4 is 10.1 Å². The Morgan fingerprint density at radius 3 is 2.58 bits per heavy atom. The van der Waals surface area contributed by atoms with Gasteiger partial charge in [-0.2, -0.15) is 4.98 Å². The second-order valence-corrected chi connectivity index (χ2v) is 4.97. The van der Waals surface area contributed by atoms with Crippen LogP contribution in [0.3, 0.4) is 0 Å². The normalized spacial score (nSPS) is 12.7. The molecule has 0 bridgehead atoms. The highest BCUT2D eigenvalue weighted by molar-refractivity contribution is 5.84. The van der Waals surface area contributed by atoms with Gasteiger partial charge in [-0.15, -0.1) is 0 Å². The van der Waals surface area contributed by atoms with Crippen molar-refractivity contribution in [2.24, 2.45) is 5.92 Å². The number of fused-ring (bicyclic) bond motifs is 1. The molecule has 1 aromatic heterocycles. The van der Waals surface area contributed by atoms with Gasteiger partial charge in [-0.1, -0.05) is 26.0 Å². The Balaban J connectivity index is 2.44. The minimum Gasteiger partial charge on any atom is -0.474 e. The first-order chi connectivity index (χ1) is 9.11. The molecule has 2 aromatic rings. The van der Waals surface area contributed by atoms with Crippen molar-refractivity contribution in [3.63, 3.8) is 0 Å². The number of benzene rings is 1. The molecule has 0 radical (unpaired) electrons. The third kappa shape index (κ3) is 3.13. The van der Waals surface area contributed by atoms with E-state index in [2.05, 4.69) is 36.1 Å². The smallest absolute Gasteiger partial charge is 0.226 e. The van der Waals surface area contributed by atoms with Crippen molar-refractivity contribution in [3.8, 4) is 5.88 Å². The van der Waals surface area contributed by atoms with E-state index >= 15 is 0 Å². The lowest BCUT2D eigenvalue weighted by Crippen LogP contribution is -2.20. The summed E-state index contributed by atoms with van der Waals surface area (Å²) >= 11 is 0. The molecule has 0 aliphatic carbocycles. The zero-order valence-electron chi connectivity index (χ0n) is 12.0. The number of anilines is 1. The van der Waals surface area contributed by atoms with Crippen LogP contribution in [0.4, 0.5) is 5.95 Å². The predicted molar refractivity (Wildman–Crippen MR) is 78.6 cm³/mol. The molecule has 0 saturated heterocycles. The summed E-state index contributed by atoms with van der Waals surface area (Å²) in [5.74, 6) is 1.71. The maximum atomic E-state index is 5.98. The van der Waals surface area contributed by atoms with Gasteiger partial charge in [0.15, 0.2) is 0 Å². The minimum absolute atomic E-state index is 0.118. The Kier molecular flexibility index (Phi) is 4.20. The number of ether oxygens (including phenoxy) is 1. The van der Waals surface area contributed by atoms with Crippen LogP contribution in [-0.2, 0) is 0 Å². The zero-order valence-corrected chi connectivity index (χ0v) is 12.0. The third-order valence-electron chi connectivity index (χ3n) is 3.14. The van der Waals surface area contributed by atoms with Crippen LogP contribution in [0.25, 0.3) is 10.9 Å². The summed E-state index contributed by atoms with van der Waals surface area (Å²) in [6.45, 7) is 9.15. The monoisotopic (exact) mass is 259 g/mol. The van der Waals surface area contributed by atoms with Crippen LogP contribution in [0.2, 0.25) is 0 Å². The maximum absolute atomic E-state index is 5.98. The molecule has 0 aliphatic heterocycles. The Hall–Kier alpha value is -1.84. The Labute approximate surface area is 114 Å². The number of hydrogen-bond donors (Lipinski definition) is 1. The lowest BCUT2D eigenvalue weighted by molar-refractivity contribution is 0.166. The van der Waals surface area contributed by atoms with Gasteiger partial charge in [-0.25, -0.2) is 4.98 Å². The van der Waals surface area contributed by atoms with E-state index in [1.165, 1.54) is 0 Å². The number of rotatable bonds is 5. The molecule has 19 heavy (non-hydrogen) atoms. The van der Waals surface area contributed by atoms with Crippen molar-refractivity contribution >= 4 is 16.9 Å². The molecule has 1 N–H and O–H groups in total. The van der Waals surface area contributed by atoms with E-state index in [4.69, 9.17) is 4.74 Å². The molecule has 2 rings (SSSR count). The zero-order chi connectivity index (χ0) is 13.8. The van der Waals surface area contributed by atoms with Crippen molar-refractivity contribution in [1.29, 1.82) is 0 Å². The van der Waals surface area contributed by atoms with Gasteiger partial charge >= 0.3 is 0 Å². The Bertz CT molecular complexity index is 554. The topological polar surface area (TPSA) is 47.0 Å². The van der Waals surface area contributed by atoms with Crippen LogP contribution in [0.5, 0.6) is 5.88 Å². The third-order valence-corrected chi connectivity index (χ3v) is 3.14. The quantitative estimate of drug-likeness (QED) is 0.893. The minimum atomic E-state index is 0.118. The van der Waals surface area contributed by atoms with E-state index in [-0.39, 0.29) is 6.10 Å². The summed E-state index contributed by atoms with van der Waals surface area (Å²) in [5.41, 5.74) is 0.902. The van der Waals surface area contributed by atoms with E-state index < -0.39 is 0 Å². The lowest BCUT2D eigenvalue weighted by Gasteiger charge is -2.18. The van der Waals surface area contributed by atoms with Gasteiger partial charge in [0.25, 0.3) is 0 Å². The average Bonchev–Trinajstić information content (AvgIpc) is 2.39. The van der Waals surface area contributed by atoms with Gasteiger partial charge in [0.1, 0.15) is 0 Å². The van der Waals surface area contributed by atoms with E-state index in [0.29, 0.717) is 17.7 Å². The standard InChI is InChI=1S/C15H21N3O/c1-5-16-15-17-13-9-7-6-8-12(13)14(18-15)19-11(4)10(2)3/h6-11H,5H2,1-4H3,(H,16,17,18). The number of para-hydroxylation sites is 1. The molecule has 0 aliphatic rings. The molecule has 1 heterocycles. The van der Waals surface area contributed by atoms with Gasteiger partial charge in [-0.3, -0.25) is 0 Å². The molecule has 4 heteroatoms. The highest BCUT2D eigenvalue weighted by atomic mass is 16.5. The first-order valence-electron chi connectivity index (χ1n) is 6.79. The van der Waals surface area contributed by atoms with E-state index in [0.717, 1.165) is 17.4 Å². The van der Waals surface area contributed by atoms with Crippen LogP contribution in [-0.4, -0.2) is 22.6 Å². The van der Waals surface area contributed by atoms with Gasteiger partial charge in [-0.05, 0) is 31.9 Å². The molecular weight excluding hydrogens is 238 g/mol. The van der Waals surface area contributed by atoms with Gasteiger partial charge in [0, 0.05) is 6.54 Å².